The largest absolute Gasteiger partial charge is 0.419 e. The van der Waals surface area contributed by atoms with Crippen LogP contribution in [0.3, 0.4) is 0 Å². The van der Waals surface area contributed by atoms with Gasteiger partial charge in [-0.15, -0.1) is 0 Å². The highest BCUT2D eigenvalue weighted by atomic mass is 19.4. The van der Waals surface area contributed by atoms with Crippen LogP contribution in [-0.2, 0) is 12.6 Å². The smallest absolute Gasteiger partial charge is 0.388 e. The van der Waals surface area contributed by atoms with Crippen LogP contribution in [0.4, 0.5) is 17.6 Å². The van der Waals surface area contributed by atoms with E-state index in [2.05, 4.69) is 0 Å². The first-order valence-electron chi connectivity index (χ1n) is 5.96. The Bertz CT molecular complexity index is 578. The molecule has 0 spiro atoms. The van der Waals surface area contributed by atoms with Crippen LogP contribution in [-0.4, -0.2) is 5.11 Å². The highest BCUT2D eigenvalue weighted by molar-refractivity contribution is 5.29. The normalized spacial score (nSPS) is 13.2. The van der Waals surface area contributed by atoms with Gasteiger partial charge in [-0.25, -0.2) is 4.39 Å². The van der Waals surface area contributed by atoms with Gasteiger partial charge in [-0.3, -0.25) is 0 Å². The molecule has 0 amide bonds. The fourth-order valence-corrected chi connectivity index (χ4v) is 1.92. The molecule has 0 aliphatic carbocycles. The molecule has 1 unspecified atom stereocenters. The van der Waals surface area contributed by atoms with Crippen molar-refractivity contribution >= 4 is 0 Å². The van der Waals surface area contributed by atoms with Crippen LogP contribution in [0.2, 0.25) is 0 Å². The molecular formula is C15H12F4O. The molecular weight excluding hydrogens is 272 g/mol. The Labute approximate surface area is 113 Å². The second-order valence-electron chi connectivity index (χ2n) is 4.44. The standard InChI is InChI=1S/C15H12F4O/c16-13-9-11(6-7-12(13)15(17,18)19)14(20)8-10-4-2-1-3-5-10/h1-7,9,14,20H,8H2. The second kappa shape index (κ2) is 5.63. The quantitative estimate of drug-likeness (QED) is 0.841. The zero-order valence-electron chi connectivity index (χ0n) is 10.4. The molecule has 1 atom stereocenters. The lowest BCUT2D eigenvalue weighted by atomic mass is 10.00. The van der Waals surface area contributed by atoms with E-state index in [0.717, 1.165) is 17.7 Å². The molecule has 1 N–H and O–H groups in total. The Morgan fingerprint density at radius 2 is 1.65 bits per heavy atom. The van der Waals surface area contributed by atoms with Crippen molar-refractivity contribution in [2.75, 3.05) is 0 Å². The lowest BCUT2D eigenvalue weighted by molar-refractivity contribution is -0.140. The first-order valence-corrected chi connectivity index (χ1v) is 5.96. The van der Waals surface area contributed by atoms with E-state index < -0.39 is 23.7 Å². The van der Waals surface area contributed by atoms with Crippen molar-refractivity contribution < 1.29 is 22.7 Å². The molecule has 0 aromatic heterocycles. The summed E-state index contributed by atoms with van der Waals surface area (Å²) in [5.74, 6) is -1.37. The summed E-state index contributed by atoms with van der Waals surface area (Å²) in [5, 5.41) is 9.94. The van der Waals surface area contributed by atoms with Crippen LogP contribution in [0.15, 0.2) is 48.5 Å². The number of aliphatic hydroxyl groups excluding tert-OH is 1. The molecule has 5 heteroatoms. The Morgan fingerprint density at radius 1 is 1.00 bits per heavy atom. The summed E-state index contributed by atoms with van der Waals surface area (Å²) in [7, 11) is 0. The molecule has 0 saturated heterocycles. The number of alkyl halides is 3. The Kier molecular flexibility index (Phi) is 4.09. The third-order valence-electron chi connectivity index (χ3n) is 2.96. The van der Waals surface area contributed by atoms with E-state index in [-0.39, 0.29) is 12.0 Å². The van der Waals surface area contributed by atoms with Gasteiger partial charge >= 0.3 is 6.18 Å². The molecule has 0 aliphatic rings. The molecule has 0 bridgehead atoms. The topological polar surface area (TPSA) is 20.2 Å². The Hall–Kier alpha value is -1.88. The van der Waals surface area contributed by atoms with Gasteiger partial charge in [-0.05, 0) is 23.3 Å². The van der Waals surface area contributed by atoms with Gasteiger partial charge in [-0.1, -0.05) is 36.4 Å². The fourth-order valence-electron chi connectivity index (χ4n) is 1.92. The fraction of sp³-hybridized carbons (Fsp3) is 0.200. The second-order valence-corrected chi connectivity index (χ2v) is 4.44. The van der Waals surface area contributed by atoms with Crippen molar-refractivity contribution in [1.82, 2.24) is 0 Å². The van der Waals surface area contributed by atoms with Crippen LogP contribution in [0.25, 0.3) is 0 Å². The van der Waals surface area contributed by atoms with Gasteiger partial charge in [0.15, 0.2) is 0 Å². The summed E-state index contributed by atoms with van der Waals surface area (Å²) in [6, 6.07) is 11.4. The summed E-state index contributed by atoms with van der Waals surface area (Å²) in [6.45, 7) is 0. The molecule has 0 aliphatic heterocycles. The van der Waals surface area contributed by atoms with E-state index >= 15 is 0 Å². The molecule has 2 rings (SSSR count). The van der Waals surface area contributed by atoms with Crippen molar-refractivity contribution in [3.05, 3.63) is 71.0 Å². The Balaban J connectivity index is 2.19. The number of hydrogen-bond donors (Lipinski definition) is 1. The van der Waals surface area contributed by atoms with E-state index in [1.54, 1.807) is 24.3 Å². The van der Waals surface area contributed by atoms with Crippen LogP contribution < -0.4 is 0 Å². The number of hydrogen-bond acceptors (Lipinski definition) is 1. The van der Waals surface area contributed by atoms with Gasteiger partial charge in [0.25, 0.3) is 0 Å². The minimum absolute atomic E-state index is 0.124. The zero-order chi connectivity index (χ0) is 14.8. The molecule has 106 valence electrons. The lowest BCUT2D eigenvalue weighted by Crippen LogP contribution is -2.10. The molecule has 0 fully saturated rings. The summed E-state index contributed by atoms with van der Waals surface area (Å²) in [6.07, 6.45) is -5.56. The first kappa shape index (κ1) is 14.5. The van der Waals surface area contributed by atoms with Crippen LogP contribution in [0.1, 0.15) is 22.8 Å². The van der Waals surface area contributed by atoms with Crippen LogP contribution >= 0.6 is 0 Å². The summed E-state index contributed by atoms with van der Waals surface area (Å²) in [5.41, 5.74) is -0.382. The highest BCUT2D eigenvalue weighted by Crippen LogP contribution is 2.32. The molecule has 1 nitrogen and oxygen atoms in total. The maximum absolute atomic E-state index is 13.4. The third-order valence-corrected chi connectivity index (χ3v) is 2.96. The molecule has 0 saturated carbocycles. The van der Waals surface area contributed by atoms with E-state index in [1.165, 1.54) is 0 Å². The maximum atomic E-state index is 13.4. The maximum Gasteiger partial charge on any atom is 0.419 e. The van der Waals surface area contributed by atoms with Crippen molar-refractivity contribution in [3.8, 4) is 0 Å². The highest BCUT2D eigenvalue weighted by Gasteiger charge is 2.34. The minimum atomic E-state index is -4.73. The number of aliphatic hydroxyl groups is 1. The number of benzene rings is 2. The van der Waals surface area contributed by atoms with E-state index in [0.29, 0.717) is 6.07 Å². The molecule has 2 aromatic carbocycles. The van der Waals surface area contributed by atoms with Crippen LogP contribution in [0, 0.1) is 5.82 Å². The molecule has 2 aromatic rings. The average molecular weight is 284 g/mol. The van der Waals surface area contributed by atoms with Gasteiger partial charge < -0.3 is 5.11 Å². The third kappa shape index (κ3) is 3.36. The predicted octanol–water partition coefficient (Wildman–Crippen LogP) is 4.12. The van der Waals surface area contributed by atoms with Gasteiger partial charge in [0.1, 0.15) is 5.82 Å². The monoisotopic (exact) mass is 284 g/mol. The van der Waals surface area contributed by atoms with Gasteiger partial charge in [-0.2, -0.15) is 13.2 Å². The summed E-state index contributed by atoms with van der Waals surface area (Å²) >= 11 is 0. The van der Waals surface area contributed by atoms with Gasteiger partial charge in [0.05, 0.1) is 11.7 Å². The SMILES string of the molecule is OC(Cc1ccccc1)c1ccc(C(F)(F)F)c(F)c1. The zero-order valence-corrected chi connectivity index (χ0v) is 10.4. The van der Waals surface area contributed by atoms with E-state index in [1.807, 2.05) is 6.07 Å². The Morgan fingerprint density at radius 3 is 2.20 bits per heavy atom. The minimum Gasteiger partial charge on any atom is -0.388 e. The number of rotatable bonds is 3. The molecule has 0 heterocycles. The summed E-state index contributed by atoms with van der Waals surface area (Å²) < 4.78 is 50.7. The van der Waals surface area contributed by atoms with E-state index in [9.17, 15) is 22.7 Å². The van der Waals surface area contributed by atoms with Crippen LogP contribution in [0.5, 0.6) is 0 Å². The first-order chi connectivity index (χ1) is 9.38. The van der Waals surface area contributed by atoms with Crippen molar-refractivity contribution in [2.45, 2.75) is 18.7 Å². The van der Waals surface area contributed by atoms with Crippen molar-refractivity contribution in [2.24, 2.45) is 0 Å². The van der Waals surface area contributed by atoms with Crippen molar-refractivity contribution in [3.63, 3.8) is 0 Å². The van der Waals surface area contributed by atoms with Gasteiger partial charge in [0.2, 0.25) is 0 Å². The summed E-state index contributed by atoms with van der Waals surface area (Å²) in [4.78, 5) is 0. The average Bonchev–Trinajstić information content (AvgIpc) is 2.38. The molecule has 0 radical (unpaired) electrons. The molecule has 20 heavy (non-hydrogen) atoms. The van der Waals surface area contributed by atoms with E-state index in [4.69, 9.17) is 0 Å². The predicted molar refractivity (Wildman–Crippen MR) is 66.5 cm³/mol. The number of halogens is 4. The van der Waals surface area contributed by atoms with Crippen molar-refractivity contribution in [1.29, 1.82) is 0 Å². The van der Waals surface area contributed by atoms with Gasteiger partial charge in [0, 0.05) is 6.42 Å². The lowest BCUT2D eigenvalue weighted by Gasteiger charge is -2.14.